The van der Waals surface area contributed by atoms with Crippen LogP contribution in [0.3, 0.4) is 0 Å². The highest BCUT2D eigenvalue weighted by Crippen LogP contribution is 2.15. The molecule has 0 bridgehead atoms. The Labute approximate surface area is 148 Å². The zero-order chi connectivity index (χ0) is 16.1. The summed E-state index contributed by atoms with van der Waals surface area (Å²) in [6.07, 6.45) is 1.61. The zero-order valence-corrected chi connectivity index (χ0v) is 14.4. The smallest absolute Gasteiger partial charge is 0.239 e. The van der Waals surface area contributed by atoms with Gasteiger partial charge in [-0.3, -0.25) is 9.59 Å². The molecule has 132 valence electrons. The number of benzene rings is 1. The minimum atomic E-state index is -0.269. The number of halogens is 1. The average Bonchev–Trinajstić information content (AvgIpc) is 2.99. The third-order valence-corrected chi connectivity index (χ3v) is 4.24. The van der Waals surface area contributed by atoms with Crippen LogP contribution in [0.15, 0.2) is 24.3 Å². The van der Waals surface area contributed by atoms with Gasteiger partial charge in [-0.25, -0.2) is 0 Å². The highest BCUT2D eigenvalue weighted by molar-refractivity contribution is 5.85. The molecule has 1 aromatic carbocycles. The molecule has 2 saturated heterocycles. The lowest BCUT2D eigenvalue weighted by atomic mass is 10.1. The standard InChI is InChI=1S/C17H23N3O3.ClH/c21-16-5-2-7-20(16)11-14-4-1-3-13(9-14)10-19-17(22)15-12-23-8-6-18-15;/h1,3-4,9,15,18H,2,5-8,10-12H2,(H,19,22);1H. The monoisotopic (exact) mass is 353 g/mol. The van der Waals surface area contributed by atoms with Crippen LogP contribution in [-0.4, -0.2) is 49.1 Å². The van der Waals surface area contributed by atoms with Gasteiger partial charge in [-0.15, -0.1) is 12.4 Å². The summed E-state index contributed by atoms with van der Waals surface area (Å²) in [6.45, 7) is 3.76. The first-order valence-corrected chi connectivity index (χ1v) is 8.17. The van der Waals surface area contributed by atoms with Gasteiger partial charge >= 0.3 is 0 Å². The van der Waals surface area contributed by atoms with Crippen molar-refractivity contribution in [2.75, 3.05) is 26.3 Å². The van der Waals surface area contributed by atoms with Gasteiger partial charge in [0.05, 0.1) is 13.2 Å². The van der Waals surface area contributed by atoms with E-state index in [1.54, 1.807) is 0 Å². The molecule has 0 saturated carbocycles. The molecular weight excluding hydrogens is 330 g/mol. The molecule has 2 N–H and O–H groups in total. The first kappa shape index (κ1) is 18.7. The first-order valence-electron chi connectivity index (χ1n) is 8.17. The van der Waals surface area contributed by atoms with Crippen LogP contribution < -0.4 is 10.6 Å². The average molecular weight is 354 g/mol. The van der Waals surface area contributed by atoms with E-state index in [4.69, 9.17) is 4.74 Å². The number of rotatable bonds is 5. The molecule has 1 unspecified atom stereocenters. The van der Waals surface area contributed by atoms with Crippen LogP contribution in [-0.2, 0) is 27.4 Å². The number of nitrogens with zero attached hydrogens (tertiary/aromatic N) is 1. The summed E-state index contributed by atoms with van der Waals surface area (Å²) in [7, 11) is 0. The Hall–Kier alpha value is -1.63. The topological polar surface area (TPSA) is 70.7 Å². The van der Waals surface area contributed by atoms with E-state index in [-0.39, 0.29) is 30.3 Å². The van der Waals surface area contributed by atoms with Gasteiger partial charge in [0.25, 0.3) is 0 Å². The van der Waals surface area contributed by atoms with E-state index in [9.17, 15) is 9.59 Å². The second-order valence-electron chi connectivity index (χ2n) is 6.04. The fourth-order valence-electron chi connectivity index (χ4n) is 2.98. The van der Waals surface area contributed by atoms with Gasteiger partial charge in [0, 0.05) is 32.6 Å². The second kappa shape index (κ2) is 9.01. The normalized spacial score (nSPS) is 20.6. The van der Waals surface area contributed by atoms with Crippen LogP contribution >= 0.6 is 12.4 Å². The molecule has 0 aliphatic carbocycles. The van der Waals surface area contributed by atoms with Gasteiger partial charge in [0.1, 0.15) is 6.04 Å². The number of hydrogen-bond donors (Lipinski definition) is 2. The molecule has 2 aliphatic rings. The summed E-state index contributed by atoms with van der Waals surface area (Å²) in [4.78, 5) is 25.7. The lowest BCUT2D eigenvalue weighted by Gasteiger charge is -2.23. The number of ether oxygens (including phenoxy) is 1. The number of nitrogens with one attached hydrogen (secondary N) is 2. The highest BCUT2D eigenvalue weighted by Gasteiger charge is 2.21. The maximum absolute atomic E-state index is 12.1. The van der Waals surface area contributed by atoms with Crippen LogP contribution in [0.5, 0.6) is 0 Å². The van der Waals surface area contributed by atoms with Crippen LogP contribution in [0, 0.1) is 0 Å². The summed E-state index contributed by atoms with van der Waals surface area (Å²) in [6, 6.07) is 7.76. The zero-order valence-electron chi connectivity index (χ0n) is 13.6. The highest BCUT2D eigenvalue weighted by atomic mass is 35.5. The summed E-state index contributed by atoms with van der Waals surface area (Å²) in [5.74, 6) is 0.192. The maximum Gasteiger partial charge on any atom is 0.239 e. The van der Waals surface area contributed by atoms with Crippen LogP contribution in [0.4, 0.5) is 0 Å². The van der Waals surface area contributed by atoms with E-state index in [1.807, 2.05) is 23.1 Å². The Kier molecular flexibility index (Phi) is 7.02. The summed E-state index contributed by atoms with van der Waals surface area (Å²) in [5, 5.41) is 6.07. The van der Waals surface area contributed by atoms with Crippen molar-refractivity contribution >= 4 is 24.2 Å². The number of carbonyl (C=O) groups excluding carboxylic acids is 2. The molecule has 2 fully saturated rings. The van der Waals surface area contributed by atoms with Gasteiger partial charge in [-0.2, -0.15) is 0 Å². The quantitative estimate of drug-likeness (QED) is 0.822. The number of carbonyl (C=O) groups is 2. The summed E-state index contributed by atoms with van der Waals surface area (Å²) < 4.78 is 5.30. The molecule has 2 amide bonds. The van der Waals surface area contributed by atoms with Crippen LogP contribution in [0.25, 0.3) is 0 Å². The minimum Gasteiger partial charge on any atom is -0.378 e. The van der Waals surface area contributed by atoms with Crippen LogP contribution in [0.2, 0.25) is 0 Å². The van der Waals surface area contributed by atoms with E-state index in [2.05, 4.69) is 16.7 Å². The molecule has 0 spiro atoms. The Balaban J connectivity index is 0.00000208. The van der Waals surface area contributed by atoms with Crippen molar-refractivity contribution in [3.63, 3.8) is 0 Å². The Bertz CT molecular complexity index is 576. The van der Waals surface area contributed by atoms with E-state index in [0.29, 0.717) is 39.3 Å². The number of morpholine rings is 1. The molecule has 24 heavy (non-hydrogen) atoms. The molecule has 2 aliphatic heterocycles. The second-order valence-corrected chi connectivity index (χ2v) is 6.04. The van der Waals surface area contributed by atoms with Crippen molar-refractivity contribution in [2.45, 2.75) is 32.0 Å². The van der Waals surface area contributed by atoms with Crippen molar-refractivity contribution < 1.29 is 14.3 Å². The molecule has 1 atom stereocenters. The van der Waals surface area contributed by atoms with Crippen molar-refractivity contribution in [2.24, 2.45) is 0 Å². The molecule has 7 heteroatoms. The van der Waals surface area contributed by atoms with Crippen molar-refractivity contribution in [1.29, 1.82) is 0 Å². The van der Waals surface area contributed by atoms with E-state index < -0.39 is 0 Å². The number of likely N-dealkylation sites (tertiary alicyclic amines) is 1. The van der Waals surface area contributed by atoms with Crippen molar-refractivity contribution in [3.8, 4) is 0 Å². The molecule has 3 rings (SSSR count). The van der Waals surface area contributed by atoms with Gasteiger partial charge in [-0.05, 0) is 17.5 Å². The maximum atomic E-state index is 12.1. The minimum absolute atomic E-state index is 0. The molecule has 0 radical (unpaired) electrons. The third-order valence-electron chi connectivity index (χ3n) is 4.24. The SMILES string of the molecule is Cl.O=C(NCc1cccc(CN2CCCC2=O)c1)C1COCCN1. The van der Waals surface area contributed by atoms with E-state index in [0.717, 1.165) is 24.1 Å². The lowest BCUT2D eigenvalue weighted by molar-refractivity contribution is -0.128. The van der Waals surface area contributed by atoms with Gasteiger partial charge in [-0.1, -0.05) is 24.3 Å². The lowest BCUT2D eigenvalue weighted by Crippen LogP contribution is -2.51. The van der Waals surface area contributed by atoms with E-state index >= 15 is 0 Å². The van der Waals surface area contributed by atoms with Gasteiger partial charge in [0.2, 0.25) is 11.8 Å². The molecule has 2 heterocycles. The fourth-order valence-corrected chi connectivity index (χ4v) is 2.98. The largest absolute Gasteiger partial charge is 0.378 e. The van der Waals surface area contributed by atoms with Crippen LogP contribution in [0.1, 0.15) is 24.0 Å². The fraction of sp³-hybridized carbons (Fsp3) is 0.529. The molecule has 6 nitrogen and oxygen atoms in total. The Morgan fingerprint density at radius 2 is 2.21 bits per heavy atom. The Morgan fingerprint density at radius 3 is 2.92 bits per heavy atom. The number of hydrogen-bond acceptors (Lipinski definition) is 4. The predicted octanol–water partition coefficient (Wildman–Crippen LogP) is 0.835. The molecule has 1 aromatic rings. The Morgan fingerprint density at radius 1 is 1.38 bits per heavy atom. The van der Waals surface area contributed by atoms with Gasteiger partial charge in [0.15, 0.2) is 0 Å². The molecule has 0 aromatic heterocycles. The predicted molar refractivity (Wildman–Crippen MR) is 92.8 cm³/mol. The molecular formula is C17H24ClN3O3. The van der Waals surface area contributed by atoms with Crippen molar-refractivity contribution in [1.82, 2.24) is 15.5 Å². The third kappa shape index (κ3) is 4.93. The van der Waals surface area contributed by atoms with E-state index in [1.165, 1.54) is 0 Å². The van der Waals surface area contributed by atoms with Gasteiger partial charge < -0.3 is 20.3 Å². The first-order chi connectivity index (χ1) is 11.2. The number of amides is 2. The summed E-state index contributed by atoms with van der Waals surface area (Å²) >= 11 is 0. The summed E-state index contributed by atoms with van der Waals surface area (Å²) in [5.41, 5.74) is 2.14. The van der Waals surface area contributed by atoms with Crippen molar-refractivity contribution in [3.05, 3.63) is 35.4 Å².